The molecule has 1 N–H and O–H groups in total. The van der Waals surface area contributed by atoms with Gasteiger partial charge in [0, 0.05) is 18.3 Å². The molecule has 4 rings (SSSR count). The summed E-state index contributed by atoms with van der Waals surface area (Å²) in [6.45, 7) is 5.92. The molecular formula is C25H27ClN4O4. The van der Waals surface area contributed by atoms with E-state index in [0.29, 0.717) is 12.2 Å². The van der Waals surface area contributed by atoms with E-state index in [0.717, 1.165) is 5.56 Å². The van der Waals surface area contributed by atoms with E-state index in [2.05, 4.69) is 10.4 Å². The normalized spacial score (nSPS) is 23.8. The van der Waals surface area contributed by atoms with Crippen molar-refractivity contribution in [2.45, 2.75) is 44.8 Å². The molecule has 2 amide bonds. The Morgan fingerprint density at radius 3 is 2.71 bits per heavy atom. The van der Waals surface area contributed by atoms with Gasteiger partial charge in [0.2, 0.25) is 5.91 Å². The van der Waals surface area contributed by atoms with E-state index < -0.39 is 17.4 Å². The number of rotatable bonds is 6. The number of hydrogen-bond donors (Lipinski definition) is 1. The number of halogens is 1. The zero-order chi connectivity index (χ0) is 24.5. The second-order valence-corrected chi connectivity index (χ2v) is 9.13. The highest BCUT2D eigenvalue weighted by molar-refractivity contribution is 6.22. The van der Waals surface area contributed by atoms with Gasteiger partial charge >= 0.3 is 5.97 Å². The summed E-state index contributed by atoms with van der Waals surface area (Å²) in [4.78, 5) is 41.0. The van der Waals surface area contributed by atoms with Gasteiger partial charge in [-0.1, -0.05) is 43.3 Å². The Balaban J connectivity index is 1.72. The second-order valence-electron chi connectivity index (χ2n) is 8.63. The van der Waals surface area contributed by atoms with E-state index in [9.17, 15) is 14.4 Å². The molecule has 3 atom stereocenters. The molecular weight excluding hydrogens is 456 g/mol. The van der Waals surface area contributed by atoms with Crippen molar-refractivity contribution in [2.75, 3.05) is 6.61 Å². The number of hydrogen-bond acceptors (Lipinski definition) is 5. The van der Waals surface area contributed by atoms with Gasteiger partial charge in [-0.05, 0) is 37.5 Å². The highest BCUT2D eigenvalue weighted by atomic mass is 35.5. The number of carbonyl (C=O) groups is 3. The molecule has 3 unspecified atom stereocenters. The third-order valence-electron chi connectivity index (χ3n) is 6.08. The average molecular weight is 483 g/mol. The number of carbonyl (C=O) groups excluding carboxylic acids is 3. The largest absolute Gasteiger partial charge is 0.461 e. The molecule has 0 radical (unpaired) electrons. The summed E-state index contributed by atoms with van der Waals surface area (Å²) in [5, 5.41) is 6.90. The third-order valence-corrected chi connectivity index (χ3v) is 6.61. The molecule has 2 aromatic rings. The molecule has 2 heterocycles. The van der Waals surface area contributed by atoms with E-state index in [4.69, 9.17) is 16.3 Å². The number of ether oxygens (including phenoxy) is 1. The Morgan fingerprint density at radius 1 is 1.29 bits per heavy atom. The Bertz CT molecular complexity index is 1170. The fourth-order valence-corrected chi connectivity index (χ4v) is 4.35. The van der Waals surface area contributed by atoms with Gasteiger partial charge in [0.05, 0.1) is 18.5 Å². The van der Waals surface area contributed by atoms with Crippen molar-refractivity contribution >= 4 is 29.4 Å². The molecule has 1 aromatic heterocycles. The maximum absolute atomic E-state index is 13.7. The molecule has 0 spiro atoms. The van der Waals surface area contributed by atoms with E-state index in [1.165, 1.54) is 15.6 Å². The Hall–Kier alpha value is -3.39. The lowest BCUT2D eigenvalue weighted by molar-refractivity contribution is -0.132. The summed E-state index contributed by atoms with van der Waals surface area (Å²) >= 11 is 6.48. The van der Waals surface area contributed by atoms with Crippen LogP contribution in [0.1, 0.15) is 47.3 Å². The van der Waals surface area contributed by atoms with E-state index in [1.807, 2.05) is 49.4 Å². The van der Waals surface area contributed by atoms with Gasteiger partial charge in [0.25, 0.3) is 5.91 Å². The summed E-state index contributed by atoms with van der Waals surface area (Å²) in [6, 6.07) is 10.9. The standard InChI is InChI=1S/C25H27ClN4O4/c1-4-34-23(32)20-13-21-22(31)30(18-11-10-16(2)19(26)12-18)25(3,15-29(21)28-20)24(33)27-14-17-8-6-5-7-9-17/h5-13,16,19H,4,14-15H2,1-3H3,(H,27,33). The minimum absolute atomic E-state index is 0.0242. The number of esters is 1. The van der Waals surface area contributed by atoms with E-state index in [-0.39, 0.29) is 41.7 Å². The smallest absolute Gasteiger partial charge is 0.358 e. The van der Waals surface area contributed by atoms with Gasteiger partial charge in [-0.2, -0.15) is 5.10 Å². The number of benzene rings is 1. The molecule has 8 nitrogen and oxygen atoms in total. The lowest BCUT2D eigenvalue weighted by Crippen LogP contribution is -2.63. The highest BCUT2D eigenvalue weighted by Gasteiger charge is 2.49. The third kappa shape index (κ3) is 4.37. The van der Waals surface area contributed by atoms with Crippen molar-refractivity contribution in [1.29, 1.82) is 0 Å². The molecule has 0 saturated carbocycles. The van der Waals surface area contributed by atoms with Gasteiger partial charge in [-0.25, -0.2) is 4.79 Å². The fourth-order valence-electron chi connectivity index (χ4n) is 4.14. The highest BCUT2D eigenvalue weighted by Crippen LogP contribution is 2.34. The van der Waals surface area contributed by atoms with Crippen LogP contribution in [0.5, 0.6) is 0 Å². The van der Waals surface area contributed by atoms with Crippen molar-refractivity contribution in [3.8, 4) is 0 Å². The zero-order valence-electron chi connectivity index (χ0n) is 19.3. The average Bonchev–Trinajstić information content (AvgIpc) is 3.25. The predicted octanol–water partition coefficient (Wildman–Crippen LogP) is 3.29. The maximum atomic E-state index is 13.7. The van der Waals surface area contributed by atoms with Crippen molar-refractivity contribution in [2.24, 2.45) is 5.92 Å². The first kappa shape index (κ1) is 23.8. The van der Waals surface area contributed by atoms with Gasteiger partial charge in [-0.3, -0.25) is 19.2 Å². The number of allylic oxidation sites excluding steroid dienone is 3. The van der Waals surface area contributed by atoms with Crippen LogP contribution in [-0.4, -0.2) is 50.0 Å². The molecule has 0 saturated heterocycles. The summed E-state index contributed by atoms with van der Waals surface area (Å²) in [5.41, 5.74) is 0.380. The number of fused-ring (bicyclic) bond motifs is 1. The summed E-state index contributed by atoms with van der Waals surface area (Å²) < 4.78 is 6.44. The lowest BCUT2D eigenvalue weighted by Gasteiger charge is -2.44. The molecule has 1 aliphatic carbocycles. The van der Waals surface area contributed by atoms with E-state index >= 15 is 0 Å². The van der Waals surface area contributed by atoms with Crippen molar-refractivity contribution < 1.29 is 19.1 Å². The first-order chi connectivity index (χ1) is 16.2. The van der Waals surface area contributed by atoms with Crippen molar-refractivity contribution in [3.05, 3.63) is 77.3 Å². The molecule has 1 aliphatic heterocycles. The van der Waals surface area contributed by atoms with Crippen LogP contribution in [0.2, 0.25) is 0 Å². The van der Waals surface area contributed by atoms with Gasteiger partial charge in [0.1, 0.15) is 11.2 Å². The second kappa shape index (κ2) is 9.46. The summed E-state index contributed by atoms with van der Waals surface area (Å²) in [5.74, 6) is -1.32. The number of nitrogens with one attached hydrogen (secondary N) is 1. The summed E-state index contributed by atoms with van der Waals surface area (Å²) in [7, 11) is 0. The molecule has 2 aliphatic rings. The zero-order valence-corrected chi connectivity index (χ0v) is 20.1. The Labute approximate surface area is 203 Å². The fraction of sp³-hybridized carbons (Fsp3) is 0.360. The van der Waals surface area contributed by atoms with Crippen LogP contribution in [-0.2, 0) is 22.6 Å². The van der Waals surface area contributed by atoms with Crippen LogP contribution in [0.25, 0.3) is 0 Å². The Kier molecular flexibility index (Phi) is 6.61. The van der Waals surface area contributed by atoms with Gasteiger partial charge < -0.3 is 10.1 Å². The van der Waals surface area contributed by atoms with Crippen LogP contribution in [0, 0.1) is 5.92 Å². The quantitative estimate of drug-likeness (QED) is 0.503. The summed E-state index contributed by atoms with van der Waals surface area (Å²) in [6.07, 6.45) is 5.51. The number of nitrogens with zero attached hydrogens (tertiary/aromatic N) is 3. The predicted molar refractivity (Wildman–Crippen MR) is 127 cm³/mol. The molecule has 9 heteroatoms. The Morgan fingerprint density at radius 2 is 2.03 bits per heavy atom. The SMILES string of the molecule is CCOC(=O)c1cc2n(n1)CC(C)(C(=O)NCc1ccccc1)N(C1=CC(Cl)C(C)C=C1)C2=O. The minimum atomic E-state index is -1.32. The van der Waals surface area contributed by atoms with Crippen LogP contribution < -0.4 is 5.32 Å². The van der Waals surface area contributed by atoms with Crippen molar-refractivity contribution in [3.63, 3.8) is 0 Å². The molecule has 0 fully saturated rings. The molecule has 1 aromatic carbocycles. The molecule has 34 heavy (non-hydrogen) atoms. The first-order valence-electron chi connectivity index (χ1n) is 11.2. The number of alkyl halides is 1. The van der Waals surface area contributed by atoms with Crippen LogP contribution in [0.15, 0.2) is 60.3 Å². The maximum Gasteiger partial charge on any atom is 0.358 e. The number of aromatic nitrogens is 2. The minimum Gasteiger partial charge on any atom is -0.461 e. The lowest BCUT2D eigenvalue weighted by atomic mass is 9.91. The van der Waals surface area contributed by atoms with E-state index in [1.54, 1.807) is 19.9 Å². The topological polar surface area (TPSA) is 93.5 Å². The first-order valence-corrected chi connectivity index (χ1v) is 11.6. The molecule has 178 valence electrons. The van der Waals surface area contributed by atoms with Crippen LogP contribution in [0.4, 0.5) is 0 Å². The van der Waals surface area contributed by atoms with Crippen LogP contribution in [0.3, 0.4) is 0 Å². The van der Waals surface area contributed by atoms with Crippen LogP contribution >= 0.6 is 11.6 Å². The van der Waals surface area contributed by atoms with Gasteiger partial charge in [0.15, 0.2) is 5.69 Å². The molecule has 0 bridgehead atoms. The van der Waals surface area contributed by atoms with Gasteiger partial charge in [-0.15, -0.1) is 11.6 Å². The monoisotopic (exact) mass is 482 g/mol. The van der Waals surface area contributed by atoms with Crippen molar-refractivity contribution in [1.82, 2.24) is 20.0 Å². The number of amides is 2.